The average molecular weight is 425 g/mol. The number of hydrogen-bond acceptors (Lipinski definition) is 5. The molecule has 0 aliphatic carbocycles. The van der Waals surface area contributed by atoms with Crippen LogP contribution >= 0.6 is 0 Å². The van der Waals surface area contributed by atoms with Gasteiger partial charge in [-0.15, -0.1) is 0 Å². The summed E-state index contributed by atoms with van der Waals surface area (Å²) in [6.07, 6.45) is 3.60. The van der Waals surface area contributed by atoms with Gasteiger partial charge in [0, 0.05) is 5.39 Å². The van der Waals surface area contributed by atoms with Crippen molar-refractivity contribution in [2.45, 2.75) is 45.7 Å². The largest absolute Gasteiger partial charge is 0.507 e. The second kappa shape index (κ2) is 9.43. The lowest BCUT2D eigenvalue weighted by Crippen LogP contribution is -3.14. The van der Waals surface area contributed by atoms with Crippen LogP contribution in [0.4, 0.5) is 0 Å². The van der Waals surface area contributed by atoms with Gasteiger partial charge in [0.15, 0.2) is 0 Å². The van der Waals surface area contributed by atoms with Crippen molar-refractivity contribution in [1.82, 2.24) is 0 Å². The number of furan rings is 1. The molecule has 1 aliphatic heterocycles. The maximum Gasteiger partial charge on any atom is 0.342 e. The first-order chi connectivity index (χ1) is 15.0. The van der Waals surface area contributed by atoms with Gasteiger partial charge in [-0.1, -0.05) is 18.2 Å². The van der Waals surface area contributed by atoms with Gasteiger partial charge in [0.1, 0.15) is 48.2 Å². The molecule has 1 saturated heterocycles. The summed E-state index contributed by atoms with van der Waals surface area (Å²) in [6.45, 7) is 6.11. The lowest BCUT2D eigenvalue weighted by Gasteiger charge is -2.30. The van der Waals surface area contributed by atoms with Gasteiger partial charge in [-0.2, -0.15) is 0 Å². The molecule has 3 aromatic rings. The van der Waals surface area contributed by atoms with Gasteiger partial charge in [-0.05, 0) is 57.4 Å². The third-order valence-electron chi connectivity index (χ3n) is 6.13. The lowest BCUT2D eigenvalue weighted by atomic mass is 9.99. The van der Waals surface area contributed by atoms with Crippen LogP contribution in [-0.2, 0) is 11.3 Å². The van der Waals surface area contributed by atoms with E-state index in [0.717, 1.165) is 17.9 Å². The minimum Gasteiger partial charge on any atom is -0.507 e. The van der Waals surface area contributed by atoms with E-state index in [4.69, 9.17) is 13.9 Å². The minimum absolute atomic E-state index is 0.127. The Bertz CT molecular complexity index is 1040. The van der Waals surface area contributed by atoms with Crippen molar-refractivity contribution in [3.05, 3.63) is 59.4 Å². The molecule has 1 aliphatic rings. The number of hydrogen-bond donors (Lipinski definition) is 2. The zero-order chi connectivity index (χ0) is 21.8. The van der Waals surface area contributed by atoms with Crippen LogP contribution in [0.25, 0.3) is 11.0 Å². The smallest absolute Gasteiger partial charge is 0.342 e. The van der Waals surface area contributed by atoms with Crippen LogP contribution in [0.3, 0.4) is 0 Å². The van der Waals surface area contributed by atoms with Crippen molar-refractivity contribution in [3.8, 4) is 11.5 Å². The van der Waals surface area contributed by atoms with Gasteiger partial charge in [0.25, 0.3) is 0 Å². The number of aromatic hydroxyl groups is 1. The van der Waals surface area contributed by atoms with E-state index in [9.17, 15) is 9.90 Å². The fraction of sp³-hybridized carbons (Fsp3) is 0.400. The number of fused-ring (bicyclic) bond motifs is 1. The number of phenols is 1. The molecule has 1 aromatic heterocycles. The summed E-state index contributed by atoms with van der Waals surface area (Å²) in [5.74, 6) is 0.966. The highest BCUT2D eigenvalue weighted by Crippen LogP contribution is 2.34. The van der Waals surface area contributed by atoms with Gasteiger partial charge in [-0.3, -0.25) is 0 Å². The molecule has 4 rings (SSSR count). The first-order valence-corrected chi connectivity index (χ1v) is 11.0. The van der Waals surface area contributed by atoms with Crippen LogP contribution in [0.1, 0.15) is 47.9 Å². The number of carbonyl (C=O) groups excluding carboxylic acids is 1. The number of para-hydroxylation sites is 1. The third-order valence-corrected chi connectivity index (χ3v) is 6.13. The monoisotopic (exact) mass is 424 g/mol. The Hall–Kier alpha value is -2.99. The number of carbonyl (C=O) groups is 1. The Morgan fingerprint density at radius 1 is 1.16 bits per heavy atom. The Kier molecular flexibility index (Phi) is 6.47. The summed E-state index contributed by atoms with van der Waals surface area (Å²) in [5.41, 5.74) is 1.75. The number of esters is 1. The van der Waals surface area contributed by atoms with Gasteiger partial charge in [0.2, 0.25) is 0 Å². The van der Waals surface area contributed by atoms with Crippen molar-refractivity contribution < 1.29 is 28.7 Å². The molecule has 6 heteroatoms. The quantitative estimate of drug-likeness (QED) is 0.448. The van der Waals surface area contributed by atoms with Crippen LogP contribution in [0, 0.1) is 6.92 Å². The molecule has 164 valence electrons. The number of ether oxygens (including phenoxy) is 2. The number of rotatable bonds is 7. The maximum absolute atomic E-state index is 12.9. The summed E-state index contributed by atoms with van der Waals surface area (Å²) in [7, 11) is 0. The fourth-order valence-electron chi connectivity index (χ4n) is 4.42. The molecule has 0 bridgehead atoms. The molecule has 2 aromatic carbocycles. The first-order valence-electron chi connectivity index (χ1n) is 11.0. The normalized spacial score (nSPS) is 18.8. The summed E-state index contributed by atoms with van der Waals surface area (Å²) < 4.78 is 16.9. The van der Waals surface area contributed by atoms with E-state index >= 15 is 0 Å². The SMILES string of the molecule is Cc1oc2ccc(O)c(C[NH+]3CCCC[C@@H]3C)c2c1C(=O)OCCOc1ccccc1. The molecule has 2 N–H and O–H groups in total. The average Bonchev–Trinajstić information content (AvgIpc) is 3.11. The summed E-state index contributed by atoms with van der Waals surface area (Å²) >= 11 is 0. The highest BCUT2D eigenvalue weighted by Gasteiger charge is 2.28. The standard InChI is InChI=1S/C25H29NO5/c1-17-8-6-7-13-26(17)16-20-21(27)11-12-22-24(20)23(18(2)31-22)25(28)30-15-14-29-19-9-4-3-5-10-19/h3-5,9-12,17,27H,6-8,13-16H2,1-2H3/p+1/t17-/m0/s1. The van der Waals surface area contributed by atoms with Crippen LogP contribution in [0.2, 0.25) is 0 Å². The molecule has 0 radical (unpaired) electrons. The Balaban J connectivity index is 1.53. The third kappa shape index (κ3) is 4.69. The summed E-state index contributed by atoms with van der Waals surface area (Å²) in [4.78, 5) is 14.4. The Morgan fingerprint density at radius 2 is 1.97 bits per heavy atom. The van der Waals surface area contributed by atoms with Crippen LogP contribution in [0.5, 0.6) is 11.5 Å². The number of likely N-dealkylation sites (tertiary alicyclic amines) is 1. The van der Waals surface area contributed by atoms with E-state index < -0.39 is 5.97 Å². The molecule has 0 spiro atoms. The van der Waals surface area contributed by atoms with E-state index in [1.165, 1.54) is 24.2 Å². The molecule has 31 heavy (non-hydrogen) atoms. The number of phenolic OH excluding ortho intramolecular Hbond substituents is 1. The van der Waals surface area contributed by atoms with Crippen molar-refractivity contribution in [1.29, 1.82) is 0 Å². The van der Waals surface area contributed by atoms with E-state index in [1.807, 2.05) is 30.3 Å². The van der Waals surface area contributed by atoms with Crippen LogP contribution < -0.4 is 9.64 Å². The highest BCUT2D eigenvalue weighted by atomic mass is 16.6. The molecule has 2 heterocycles. The number of nitrogens with one attached hydrogen (secondary N) is 1. The fourth-order valence-corrected chi connectivity index (χ4v) is 4.42. The van der Waals surface area contributed by atoms with Crippen molar-refractivity contribution in [3.63, 3.8) is 0 Å². The highest BCUT2D eigenvalue weighted by molar-refractivity contribution is 6.06. The zero-order valence-electron chi connectivity index (χ0n) is 18.1. The van der Waals surface area contributed by atoms with Crippen molar-refractivity contribution in [2.75, 3.05) is 19.8 Å². The molecular weight excluding hydrogens is 394 g/mol. The molecule has 1 unspecified atom stereocenters. The molecule has 0 amide bonds. The number of quaternary nitrogens is 1. The van der Waals surface area contributed by atoms with Crippen LogP contribution in [-0.4, -0.2) is 36.9 Å². The lowest BCUT2D eigenvalue weighted by molar-refractivity contribution is -0.941. The second-order valence-electron chi connectivity index (χ2n) is 8.25. The summed E-state index contributed by atoms with van der Waals surface area (Å²) in [6, 6.07) is 13.3. The predicted octanol–water partition coefficient (Wildman–Crippen LogP) is 3.64. The number of aryl methyl sites for hydroxylation is 1. The molecular formula is C25H30NO5+. The summed E-state index contributed by atoms with van der Waals surface area (Å²) in [5, 5.41) is 11.3. The van der Waals surface area contributed by atoms with Gasteiger partial charge < -0.3 is 23.9 Å². The predicted molar refractivity (Wildman–Crippen MR) is 118 cm³/mol. The van der Waals surface area contributed by atoms with Gasteiger partial charge in [-0.25, -0.2) is 4.79 Å². The Morgan fingerprint density at radius 3 is 2.74 bits per heavy atom. The van der Waals surface area contributed by atoms with Crippen molar-refractivity contribution >= 4 is 16.9 Å². The topological polar surface area (TPSA) is 73.3 Å². The number of piperidine rings is 1. The number of benzene rings is 2. The van der Waals surface area contributed by atoms with Gasteiger partial charge in [0.05, 0.1) is 18.2 Å². The van der Waals surface area contributed by atoms with E-state index in [0.29, 0.717) is 34.9 Å². The molecule has 1 fully saturated rings. The van der Waals surface area contributed by atoms with Crippen LogP contribution in [0.15, 0.2) is 46.9 Å². The van der Waals surface area contributed by atoms with Gasteiger partial charge >= 0.3 is 5.97 Å². The van der Waals surface area contributed by atoms with E-state index in [1.54, 1.807) is 19.1 Å². The maximum atomic E-state index is 12.9. The van der Waals surface area contributed by atoms with E-state index in [-0.39, 0.29) is 19.0 Å². The van der Waals surface area contributed by atoms with E-state index in [2.05, 4.69) is 6.92 Å². The minimum atomic E-state index is -0.457. The van der Waals surface area contributed by atoms with Crippen molar-refractivity contribution in [2.24, 2.45) is 0 Å². The molecule has 2 atom stereocenters. The molecule has 6 nitrogen and oxygen atoms in total. The molecule has 0 saturated carbocycles. The zero-order valence-corrected chi connectivity index (χ0v) is 18.1. The Labute approximate surface area is 182 Å². The second-order valence-corrected chi connectivity index (χ2v) is 8.25. The first kappa shape index (κ1) is 21.2.